The average molecular weight is 448 g/mol. The molecule has 1 atom stereocenters. The summed E-state index contributed by atoms with van der Waals surface area (Å²) in [5.41, 5.74) is 1.56. The van der Waals surface area contributed by atoms with Crippen LogP contribution < -0.4 is 14.4 Å². The number of halogens is 3. The molecule has 1 heterocycles. The molecule has 1 aliphatic heterocycles. The molecule has 0 spiro atoms. The number of carbonyl (C=O) groups excluding carboxylic acids is 1. The normalized spacial score (nSPS) is 16.2. The third kappa shape index (κ3) is 4.68. The quantitative estimate of drug-likeness (QED) is 0.431. The van der Waals surface area contributed by atoms with E-state index >= 15 is 0 Å². The summed E-state index contributed by atoms with van der Waals surface area (Å²) in [7, 11) is 0. The highest BCUT2D eigenvalue weighted by Crippen LogP contribution is 2.42. The number of ether oxygens (including phenoxy) is 2. The minimum atomic E-state index is -2.87. The zero-order chi connectivity index (χ0) is 21.1. The third-order valence-electron chi connectivity index (χ3n) is 4.42. The molecule has 1 amide bonds. The number of anilines is 1. The first kappa shape index (κ1) is 20.5. The molecule has 4 nitrogen and oxygen atoms in total. The number of amides is 1. The minimum absolute atomic E-state index is 0.0238. The molecule has 0 saturated carbocycles. The maximum Gasteiger partial charge on any atom is 0.387 e. The van der Waals surface area contributed by atoms with Gasteiger partial charge in [0.1, 0.15) is 22.6 Å². The molecule has 3 aromatic carbocycles. The Morgan fingerprint density at radius 2 is 1.47 bits per heavy atom. The van der Waals surface area contributed by atoms with Crippen molar-refractivity contribution in [2.75, 3.05) is 10.7 Å². The van der Waals surface area contributed by atoms with Gasteiger partial charge in [0.15, 0.2) is 0 Å². The molecule has 0 aromatic heterocycles. The van der Waals surface area contributed by atoms with E-state index in [1.807, 2.05) is 12.1 Å². The Morgan fingerprint density at radius 1 is 0.900 bits per heavy atom. The maximum absolute atomic E-state index is 12.5. The van der Waals surface area contributed by atoms with Crippen LogP contribution in [0.25, 0.3) is 0 Å². The van der Waals surface area contributed by atoms with Crippen molar-refractivity contribution in [3.05, 3.63) is 83.4 Å². The molecule has 4 rings (SSSR count). The van der Waals surface area contributed by atoms with Crippen molar-refractivity contribution in [3.8, 4) is 17.2 Å². The second-order valence-electron chi connectivity index (χ2n) is 6.42. The van der Waals surface area contributed by atoms with Gasteiger partial charge in [0.2, 0.25) is 5.91 Å². The molecule has 0 radical (unpaired) electrons. The molecule has 1 unspecified atom stereocenters. The van der Waals surface area contributed by atoms with E-state index in [1.54, 1.807) is 53.4 Å². The van der Waals surface area contributed by atoms with E-state index < -0.39 is 6.61 Å². The van der Waals surface area contributed by atoms with Gasteiger partial charge in [-0.15, -0.1) is 11.8 Å². The lowest BCUT2D eigenvalue weighted by Gasteiger charge is -2.24. The largest absolute Gasteiger partial charge is 0.457 e. The third-order valence-corrected chi connectivity index (χ3v) is 5.89. The summed E-state index contributed by atoms with van der Waals surface area (Å²) in [6, 6.07) is 20.6. The second kappa shape index (κ2) is 8.93. The fourth-order valence-electron chi connectivity index (χ4n) is 3.08. The van der Waals surface area contributed by atoms with Gasteiger partial charge in [-0.05, 0) is 66.2 Å². The summed E-state index contributed by atoms with van der Waals surface area (Å²) in [5.74, 6) is 1.68. The van der Waals surface area contributed by atoms with E-state index in [0.717, 1.165) is 11.3 Å². The van der Waals surface area contributed by atoms with Crippen molar-refractivity contribution in [2.24, 2.45) is 0 Å². The lowest BCUT2D eigenvalue weighted by molar-refractivity contribution is -0.115. The van der Waals surface area contributed by atoms with Gasteiger partial charge in [-0.1, -0.05) is 23.7 Å². The monoisotopic (exact) mass is 447 g/mol. The lowest BCUT2D eigenvalue weighted by Crippen LogP contribution is -2.27. The van der Waals surface area contributed by atoms with Crippen molar-refractivity contribution >= 4 is 35.0 Å². The first-order valence-electron chi connectivity index (χ1n) is 9.01. The van der Waals surface area contributed by atoms with E-state index in [1.165, 1.54) is 23.9 Å². The number of carbonyl (C=O) groups is 1. The van der Waals surface area contributed by atoms with Crippen LogP contribution in [0.3, 0.4) is 0 Å². The Kier molecular flexibility index (Phi) is 6.11. The van der Waals surface area contributed by atoms with Crippen molar-refractivity contribution in [1.82, 2.24) is 0 Å². The Morgan fingerprint density at radius 3 is 2.07 bits per heavy atom. The number of hydrogen-bond acceptors (Lipinski definition) is 4. The van der Waals surface area contributed by atoms with Crippen LogP contribution in [-0.4, -0.2) is 18.3 Å². The SMILES string of the molecule is O=C1CSC(c2ccc(OC(F)F)cc2)N1c1ccc(Oc2ccc(Cl)cc2)cc1. The van der Waals surface area contributed by atoms with Crippen LogP contribution in [0.15, 0.2) is 72.8 Å². The van der Waals surface area contributed by atoms with Gasteiger partial charge >= 0.3 is 6.61 Å². The van der Waals surface area contributed by atoms with Crippen molar-refractivity contribution in [1.29, 1.82) is 0 Å². The summed E-state index contributed by atoms with van der Waals surface area (Å²) in [6.45, 7) is -2.87. The molecule has 1 fully saturated rings. The molecule has 0 bridgehead atoms. The highest BCUT2D eigenvalue weighted by atomic mass is 35.5. The zero-order valence-corrected chi connectivity index (χ0v) is 17.1. The van der Waals surface area contributed by atoms with Crippen LogP contribution in [0, 0.1) is 0 Å². The highest BCUT2D eigenvalue weighted by Gasteiger charge is 2.34. The molecule has 154 valence electrons. The summed E-state index contributed by atoms with van der Waals surface area (Å²) >= 11 is 7.36. The number of nitrogens with zero attached hydrogens (tertiary/aromatic N) is 1. The predicted molar refractivity (Wildman–Crippen MR) is 114 cm³/mol. The summed E-state index contributed by atoms with van der Waals surface area (Å²) in [4.78, 5) is 14.2. The first-order chi connectivity index (χ1) is 14.5. The van der Waals surface area contributed by atoms with Crippen molar-refractivity contribution in [2.45, 2.75) is 12.0 Å². The van der Waals surface area contributed by atoms with Gasteiger partial charge in [-0.2, -0.15) is 8.78 Å². The van der Waals surface area contributed by atoms with E-state index in [2.05, 4.69) is 4.74 Å². The van der Waals surface area contributed by atoms with E-state index in [0.29, 0.717) is 22.3 Å². The second-order valence-corrected chi connectivity index (χ2v) is 7.93. The van der Waals surface area contributed by atoms with Crippen LogP contribution in [0.4, 0.5) is 14.5 Å². The summed E-state index contributed by atoms with van der Waals surface area (Å²) < 4.78 is 34.9. The number of benzene rings is 3. The van der Waals surface area contributed by atoms with Crippen LogP contribution in [0.5, 0.6) is 17.2 Å². The van der Waals surface area contributed by atoms with E-state index in [4.69, 9.17) is 16.3 Å². The smallest absolute Gasteiger partial charge is 0.387 e. The zero-order valence-electron chi connectivity index (χ0n) is 15.5. The molecular weight excluding hydrogens is 432 g/mol. The number of thioether (sulfide) groups is 1. The first-order valence-corrected chi connectivity index (χ1v) is 10.4. The minimum Gasteiger partial charge on any atom is -0.457 e. The van der Waals surface area contributed by atoms with Gasteiger partial charge in [-0.3, -0.25) is 9.69 Å². The van der Waals surface area contributed by atoms with Gasteiger partial charge in [0, 0.05) is 10.7 Å². The van der Waals surface area contributed by atoms with Crippen LogP contribution in [0.2, 0.25) is 5.02 Å². The molecule has 0 aliphatic carbocycles. The maximum atomic E-state index is 12.5. The highest BCUT2D eigenvalue weighted by molar-refractivity contribution is 8.00. The van der Waals surface area contributed by atoms with Crippen LogP contribution >= 0.6 is 23.4 Å². The number of rotatable bonds is 6. The fraction of sp³-hybridized carbons (Fsp3) is 0.136. The average Bonchev–Trinajstić information content (AvgIpc) is 3.12. The fourth-order valence-corrected chi connectivity index (χ4v) is 4.38. The van der Waals surface area contributed by atoms with Crippen LogP contribution in [-0.2, 0) is 4.79 Å². The van der Waals surface area contributed by atoms with Crippen molar-refractivity contribution in [3.63, 3.8) is 0 Å². The molecule has 30 heavy (non-hydrogen) atoms. The molecule has 8 heteroatoms. The van der Waals surface area contributed by atoms with Crippen LogP contribution in [0.1, 0.15) is 10.9 Å². The summed E-state index contributed by atoms with van der Waals surface area (Å²) in [5, 5.41) is 0.378. The Bertz CT molecular complexity index is 1010. The molecule has 1 aliphatic rings. The molecular formula is C22H16ClF2NO3S. The standard InChI is InChI=1S/C22H16ClF2NO3S/c23-15-3-9-17(10-4-15)28-18-11-5-16(6-12-18)26-20(27)13-30-21(26)14-1-7-19(8-2-14)29-22(24)25/h1-12,21-22H,13H2. The Hall–Kier alpha value is -2.77. The Balaban J connectivity index is 1.51. The molecule has 0 N–H and O–H groups in total. The van der Waals surface area contributed by atoms with Gasteiger partial charge < -0.3 is 9.47 Å². The number of alkyl halides is 2. The Labute approximate surface area is 181 Å². The topological polar surface area (TPSA) is 38.8 Å². The van der Waals surface area contributed by atoms with E-state index in [9.17, 15) is 13.6 Å². The number of hydrogen-bond donors (Lipinski definition) is 0. The van der Waals surface area contributed by atoms with Gasteiger partial charge in [0.05, 0.1) is 5.75 Å². The van der Waals surface area contributed by atoms with Crippen molar-refractivity contribution < 1.29 is 23.0 Å². The lowest BCUT2D eigenvalue weighted by atomic mass is 10.1. The van der Waals surface area contributed by atoms with Gasteiger partial charge in [-0.25, -0.2) is 0 Å². The molecule has 3 aromatic rings. The van der Waals surface area contributed by atoms with Gasteiger partial charge in [0.25, 0.3) is 0 Å². The predicted octanol–water partition coefficient (Wildman–Crippen LogP) is 6.51. The molecule has 1 saturated heterocycles. The van der Waals surface area contributed by atoms with E-state index in [-0.39, 0.29) is 17.0 Å². The summed E-state index contributed by atoms with van der Waals surface area (Å²) in [6.07, 6.45) is 0.